The third-order valence-corrected chi connectivity index (χ3v) is 8.61. The lowest BCUT2D eigenvalue weighted by Gasteiger charge is -2.17. The van der Waals surface area contributed by atoms with Crippen molar-refractivity contribution < 1.29 is 14.4 Å². The van der Waals surface area contributed by atoms with Gasteiger partial charge in [-0.15, -0.1) is 11.8 Å². The number of thioether (sulfide) groups is 1. The van der Waals surface area contributed by atoms with Gasteiger partial charge in [0.1, 0.15) is 16.8 Å². The van der Waals surface area contributed by atoms with Gasteiger partial charge in [0.25, 0.3) is 11.8 Å². The van der Waals surface area contributed by atoms with Gasteiger partial charge in [-0.1, -0.05) is 95.5 Å². The van der Waals surface area contributed by atoms with Gasteiger partial charge < -0.3 is 16.0 Å². The zero-order valence-electron chi connectivity index (χ0n) is 23.9. The number of pyridine rings is 1. The maximum Gasteiger partial charge on any atom is 0.272 e. The Hall–Kier alpha value is -4.60. The molecule has 7 nitrogen and oxygen atoms in total. The van der Waals surface area contributed by atoms with Crippen molar-refractivity contribution in [2.75, 3.05) is 10.6 Å². The smallest absolute Gasteiger partial charge is 0.272 e. The van der Waals surface area contributed by atoms with Crippen LogP contribution in [0.4, 0.5) is 11.5 Å². The maximum atomic E-state index is 13.6. The van der Waals surface area contributed by atoms with E-state index in [0.717, 1.165) is 5.56 Å². The normalized spacial score (nSPS) is 11.8. The summed E-state index contributed by atoms with van der Waals surface area (Å²) in [6, 6.07) is 33.1. The topological polar surface area (TPSA) is 100 Å². The Labute approximate surface area is 285 Å². The lowest BCUT2D eigenvalue weighted by atomic mass is 10.1. The highest BCUT2D eigenvalue weighted by molar-refractivity contribution is 8.00. The second kappa shape index (κ2) is 15.6. The highest BCUT2D eigenvalue weighted by Crippen LogP contribution is 2.37. The lowest BCUT2D eigenvalue weighted by Crippen LogP contribution is -2.30. The molecule has 5 aromatic rings. The average molecular weight is 688 g/mol. The molecule has 11 heteroatoms. The number of anilines is 2. The fourth-order valence-electron chi connectivity index (χ4n) is 4.26. The minimum atomic E-state index is -0.646. The van der Waals surface area contributed by atoms with E-state index >= 15 is 0 Å². The molecule has 3 amide bonds. The van der Waals surface area contributed by atoms with E-state index in [9.17, 15) is 14.4 Å². The minimum absolute atomic E-state index is 0.0705. The van der Waals surface area contributed by atoms with E-state index in [1.54, 1.807) is 78.9 Å². The van der Waals surface area contributed by atoms with Crippen LogP contribution in [0.3, 0.4) is 0 Å². The Kier molecular flexibility index (Phi) is 11.1. The SMILES string of the molecule is O=C(Nc1cccc(SC(C(=O)Nc2ccc(Cl)cn2)c2ccccc2)c1)/C(=C\c1c(Cl)cccc1Cl)NC(=O)c1ccccc1. The number of hydrogen-bond donors (Lipinski definition) is 3. The Morgan fingerprint density at radius 3 is 2.09 bits per heavy atom. The van der Waals surface area contributed by atoms with Crippen LogP contribution in [-0.4, -0.2) is 22.7 Å². The predicted octanol–water partition coefficient (Wildman–Crippen LogP) is 8.92. The molecule has 0 spiro atoms. The van der Waals surface area contributed by atoms with Crippen molar-refractivity contribution in [3.8, 4) is 0 Å². The van der Waals surface area contributed by atoms with Crippen LogP contribution < -0.4 is 16.0 Å². The average Bonchev–Trinajstić information content (AvgIpc) is 3.06. The fourth-order valence-corrected chi connectivity index (χ4v) is 5.96. The molecule has 5 rings (SSSR count). The third kappa shape index (κ3) is 8.77. The van der Waals surface area contributed by atoms with Gasteiger partial charge in [0.05, 0.1) is 5.02 Å². The van der Waals surface area contributed by atoms with Gasteiger partial charge in [0.2, 0.25) is 5.91 Å². The second-order valence-corrected chi connectivity index (χ2v) is 12.2. The Morgan fingerprint density at radius 1 is 0.739 bits per heavy atom. The summed E-state index contributed by atoms with van der Waals surface area (Å²) in [6.07, 6.45) is 2.89. The van der Waals surface area contributed by atoms with Crippen LogP contribution in [0.1, 0.15) is 26.7 Å². The molecule has 1 heterocycles. The molecule has 230 valence electrons. The van der Waals surface area contributed by atoms with Gasteiger partial charge in [-0.2, -0.15) is 0 Å². The van der Waals surface area contributed by atoms with Gasteiger partial charge in [0.15, 0.2) is 0 Å². The molecule has 1 unspecified atom stereocenters. The molecular formula is C35H25Cl3N4O3S. The number of rotatable bonds is 10. The van der Waals surface area contributed by atoms with Crippen LogP contribution in [0, 0.1) is 0 Å². The van der Waals surface area contributed by atoms with Crippen molar-refractivity contribution in [1.82, 2.24) is 10.3 Å². The molecule has 1 atom stereocenters. The highest BCUT2D eigenvalue weighted by atomic mass is 35.5. The number of hydrogen-bond acceptors (Lipinski definition) is 5. The van der Waals surface area contributed by atoms with Crippen molar-refractivity contribution in [3.05, 3.63) is 159 Å². The largest absolute Gasteiger partial charge is 0.321 e. The summed E-state index contributed by atoms with van der Waals surface area (Å²) in [5.41, 5.74) is 1.88. The van der Waals surface area contributed by atoms with E-state index in [0.29, 0.717) is 42.6 Å². The van der Waals surface area contributed by atoms with Gasteiger partial charge in [0, 0.05) is 38.0 Å². The van der Waals surface area contributed by atoms with Gasteiger partial charge >= 0.3 is 0 Å². The maximum absolute atomic E-state index is 13.6. The molecule has 4 aromatic carbocycles. The molecule has 0 saturated heterocycles. The second-order valence-electron chi connectivity index (χ2n) is 9.75. The van der Waals surface area contributed by atoms with Crippen molar-refractivity contribution in [3.63, 3.8) is 0 Å². The fraction of sp³-hybridized carbons (Fsp3) is 0.0286. The molecule has 0 bridgehead atoms. The first-order valence-corrected chi connectivity index (χ1v) is 15.9. The standard InChI is InChI=1S/C35H25Cl3N4O3S/c36-24-17-18-31(39-21-24)42-35(45)32(22-9-3-1-4-10-22)46-26-14-7-13-25(19-26)40-34(44)30(20-27-28(37)15-8-16-29(27)38)41-33(43)23-11-5-2-6-12-23/h1-21,32H,(H,40,44)(H,41,43)(H,39,42,45)/b30-20+. The molecular weight excluding hydrogens is 663 g/mol. The number of amides is 3. The van der Waals surface area contributed by atoms with Crippen LogP contribution in [0.5, 0.6) is 0 Å². The van der Waals surface area contributed by atoms with Crippen LogP contribution in [0.2, 0.25) is 15.1 Å². The van der Waals surface area contributed by atoms with E-state index in [4.69, 9.17) is 34.8 Å². The minimum Gasteiger partial charge on any atom is -0.321 e. The van der Waals surface area contributed by atoms with Crippen LogP contribution in [0.15, 0.2) is 132 Å². The Balaban J connectivity index is 1.39. The number of carbonyl (C=O) groups excluding carboxylic acids is 3. The summed E-state index contributed by atoms with van der Waals surface area (Å²) >= 11 is 20.0. The first-order chi connectivity index (χ1) is 22.3. The lowest BCUT2D eigenvalue weighted by molar-refractivity contribution is -0.116. The molecule has 46 heavy (non-hydrogen) atoms. The Morgan fingerprint density at radius 2 is 1.41 bits per heavy atom. The molecule has 0 aliphatic rings. The summed E-state index contributed by atoms with van der Waals surface area (Å²) in [6.45, 7) is 0. The predicted molar refractivity (Wildman–Crippen MR) is 186 cm³/mol. The van der Waals surface area contributed by atoms with Crippen molar-refractivity contribution >= 4 is 81.9 Å². The van der Waals surface area contributed by atoms with Gasteiger partial charge in [-0.3, -0.25) is 14.4 Å². The zero-order chi connectivity index (χ0) is 32.5. The van der Waals surface area contributed by atoms with E-state index in [-0.39, 0.29) is 11.6 Å². The molecule has 1 aromatic heterocycles. The van der Waals surface area contributed by atoms with Gasteiger partial charge in [-0.25, -0.2) is 4.98 Å². The molecule has 0 aliphatic carbocycles. The zero-order valence-corrected chi connectivity index (χ0v) is 27.0. The number of halogens is 3. The first kappa shape index (κ1) is 32.8. The number of nitrogens with zero attached hydrogens (tertiary/aromatic N) is 1. The van der Waals surface area contributed by atoms with Crippen LogP contribution in [-0.2, 0) is 9.59 Å². The summed E-state index contributed by atoms with van der Waals surface area (Å²) in [5, 5.41) is 8.80. The molecule has 0 radical (unpaired) electrons. The highest BCUT2D eigenvalue weighted by Gasteiger charge is 2.23. The Bertz CT molecular complexity index is 1870. The van der Waals surface area contributed by atoms with Crippen LogP contribution >= 0.6 is 46.6 Å². The molecule has 0 aliphatic heterocycles. The van der Waals surface area contributed by atoms with Crippen molar-refractivity contribution in [1.29, 1.82) is 0 Å². The number of nitrogens with one attached hydrogen (secondary N) is 3. The van der Waals surface area contributed by atoms with E-state index in [1.807, 2.05) is 36.4 Å². The van der Waals surface area contributed by atoms with Crippen molar-refractivity contribution in [2.24, 2.45) is 0 Å². The summed E-state index contributed by atoms with van der Waals surface area (Å²) in [5.74, 6) is -1.01. The number of benzene rings is 4. The van der Waals surface area contributed by atoms with Gasteiger partial charge in [-0.05, 0) is 66.2 Å². The van der Waals surface area contributed by atoms with Crippen LogP contribution in [0.25, 0.3) is 6.08 Å². The van der Waals surface area contributed by atoms with Crippen molar-refractivity contribution in [2.45, 2.75) is 10.1 Å². The summed E-state index contributed by atoms with van der Waals surface area (Å²) in [4.78, 5) is 45.0. The summed E-state index contributed by atoms with van der Waals surface area (Å²) < 4.78 is 0. The third-order valence-electron chi connectivity index (χ3n) is 6.48. The molecule has 0 saturated carbocycles. The quantitative estimate of drug-likeness (QED) is 0.101. The summed E-state index contributed by atoms with van der Waals surface area (Å²) in [7, 11) is 0. The van der Waals surface area contributed by atoms with E-state index in [1.165, 1.54) is 24.0 Å². The molecule has 3 N–H and O–H groups in total. The van der Waals surface area contributed by atoms with E-state index < -0.39 is 17.1 Å². The monoisotopic (exact) mass is 686 g/mol. The van der Waals surface area contributed by atoms with E-state index in [2.05, 4.69) is 20.9 Å². The molecule has 0 fully saturated rings. The number of aromatic nitrogens is 1. The number of carbonyl (C=O) groups is 3. The first-order valence-electron chi connectivity index (χ1n) is 13.8.